The number of ether oxygens (including phenoxy) is 1. The lowest BCUT2D eigenvalue weighted by molar-refractivity contribution is 0.487. The summed E-state index contributed by atoms with van der Waals surface area (Å²) < 4.78 is 8.80. The second-order valence-corrected chi connectivity index (χ2v) is 12.1. The number of aromatic nitrogens is 1. The van der Waals surface area contributed by atoms with Gasteiger partial charge in [-0.25, -0.2) is 0 Å². The maximum Gasteiger partial charge on any atom is 0.135 e. The molecule has 0 spiro atoms. The van der Waals surface area contributed by atoms with Crippen molar-refractivity contribution in [3.8, 4) is 50.6 Å². The number of benzene rings is 8. The Morgan fingerprint density at radius 2 is 1.07 bits per heavy atom. The van der Waals surface area contributed by atoms with E-state index in [0.29, 0.717) is 0 Å². The Labute approximate surface area is 266 Å². The first-order valence-corrected chi connectivity index (χ1v) is 15.8. The molecule has 0 saturated heterocycles. The summed E-state index contributed by atoms with van der Waals surface area (Å²) in [6, 6.07) is 59.0. The van der Waals surface area contributed by atoms with Crippen molar-refractivity contribution >= 4 is 43.4 Å². The van der Waals surface area contributed by atoms with E-state index in [9.17, 15) is 0 Å². The Balaban J connectivity index is 1.18. The standard InChI is InChI=1S/C44H27NO/c1-2-12-32(13-3-1)45-39-18-7-6-16-36(39)44-37-26-30(21-20-28(37)22-24-40(44)45)33-14-4-5-15-34(33)31-23-25-41-38(27-31)35-17-8-10-29-11-9-19-42(46-41)43(29)35/h1-27H. The second kappa shape index (κ2) is 9.69. The summed E-state index contributed by atoms with van der Waals surface area (Å²) in [7, 11) is 0. The quantitative estimate of drug-likeness (QED) is 0.201. The second-order valence-electron chi connectivity index (χ2n) is 12.1. The minimum Gasteiger partial charge on any atom is -0.456 e. The Hall–Kier alpha value is -6.12. The predicted octanol–water partition coefficient (Wildman–Crippen LogP) is 12.2. The van der Waals surface area contributed by atoms with Crippen molar-refractivity contribution < 1.29 is 4.74 Å². The summed E-state index contributed by atoms with van der Waals surface area (Å²) in [5.74, 6) is 1.82. The predicted molar refractivity (Wildman–Crippen MR) is 192 cm³/mol. The summed E-state index contributed by atoms with van der Waals surface area (Å²) in [6.07, 6.45) is 0. The van der Waals surface area contributed by atoms with Crippen LogP contribution in [0.15, 0.2) is 164 Å². The number of nitrogens with zero attached hydrogens (tertiary/aromatic N) is 1. The van der Waals surface area contributed by atoms with Crippen LogP contribution in [0.2, 0.25) is 0 Å². The van der Waals surface area contributed by atoms with Gasteiger partial charge in [-0.05, 0) is 92.5 Å². The van der Waals surface area contributed by atoms with Crippen LogP contribution in [0.5, 0.6) is 11.5 Å². The van der Waals surface area contributed by atoms with Gasteiger partial charge in [0, 0.05) is 27.4 Å². The van der Waals surface area contributed by atoms with E-state index in [1.54, 1.807) is 0 Å². The van der Waals surface area contributed by atoms with E-state index in [2.05, 4.69) is 168 Å². The number of hydrogen-bond acceptors (Lipinski definition) is 1. The van der Waals surface area contributed by atoms with Gasteiger partial charge in [0.1, 0.15) is 11.5 Å². The lowest BCUT2D eigenvalue weighted by Crippen LogP contribution is -1.97. The highest BCUT2D eigenvalue weighted by Crippen LogP contribution is 2.48. The number of para-hydroxylation sites is 2. The van der Waals surface area contributed by atoms with Crippen molar-refractivity contribution in [3.05, 3.63) is 164 Å². The van der Waals surface area contributed by atoms with Crippen molar-refractivity contribution in [1.29, 1.82) is 0 Å². The molecule has 1 aromatic heterocycles. The minimum absolute atomic E-state index is 0.898. The van der Waals surface area contributed by atoms with Gasteiger partial charge in [-0.3, -0.25) is 0 Å². The maximum atomic E-state index is 6.41. The molecule has 2 heterocycles. The first-order valence-electron chi connectivity index (χ1n) is 15.8. The summed E-state index contributed by atoms with van der Waals surface area (Å²) in [6.45, 7) is 0. The molecule has 0 bridgehead atoms. The first-order chi connectivity index (χ1) is 22.8. The Bertz CT molecular complexity index is 2660. The zero-order valence-corrected chi connectivity index (χ0v) is 24.9. The number of fused-ring (bicyclic) bond motifs is 7. The molecular formula is C44H27NO. The van der Waals surface area contributed by atoms with Gasteiger partial charge in [-0.1, -0.05) is 115 Å². The fourth-order valence-corrected chi connectivity index (χ4v) is 7.53. The van der Waals surface area contributed by atoms with Crippen LogP contribution in [0.4, 0.5) is 0 Å². The summed E-state index contributed by atoms with van der Waals surface area (Å²) in [5, 5.41) is 7.43. The third kappa shape index (κ3) is 3.65. The lowest BCUT2D eigenvalue weighted by atomic mass is 9.89. The Morgan fingerprint density at radius 3 is 1.93 bits per heavy atom. The molecule has 1 aliphatic heterocycles. The van der Waals surface area contributed by atoms with Crippen LogP contribution in [0, 0.1) is 0 Å². The molecule has 9 aromatic rings. The van der Waals surface area contributed by atoms with E-state index in [-0.39, 0.29) is 0 Å². The average molecular weight is 586 g/mol. The van der Waals surface area contributed by atoms with Crippen LogP contribution in [-0.2, 0) is 0 Å². The van der Waals surface area contributed by atoms with Crippen molar-refractivity contribution in [1.82, 2.24) is 4.57 Å². The van der Waals surface area contributed by atoms with Crippen LogP contribution in [0.1, 0.15) is 0 Å². The first kappa shape index (κ1) is 25.2. The molecule has 0 radical (unpaired) electrons. The molecule has 0 aliphatic carbocycles. The third-order valence-electron chi connectivity index (χ3n) is 9.57. The molecule has 8 aromatic carbocycles. The highest BCUT2D eigenvalue weighted by molar-refractivity contribution is 6.22. The van der Waals surface area contributed by atoms with Gasteiger partial charge < -0.3 is 9.30 Å². The molecule has 0 unspecified atom stereocenters. The van der Waals surface area contributed by atoms with E-state index < -0.39 is 0 Å². The van der Waals surface area contributed by atoms with Crippen molar-refractivity contribution in [2.45, 2.75) is 0 Å². The van der Waals surface area contributed by atoms with Gasteiger partial charge in [0.05, 0.1) is 11.0 Å². The zero-order chi connectivity index (χ0) is 30.2. The normalized spacial score (nSPS) is 12.1. The molecule has 1 aliphatic rings. The highest BCUT2D eigenvalue weighted by atomic mass is 16.5. The fraction of sp³-hybridized carbons (Fsp3) is 0. The van der Waals surface area contributed by atoms with Crippen LogP contribution in [0.25, 0.3) is 82.4 Å². The summed E-state index contributed by atoms with van der Waals surface area (Å²) >= 11 is 0. The number of rotatable bonds is 3. The minimum atomic E-state index is 0.898. The van der Waals surface area contributed by atoms with Gasteiger partial charge in [-0.15, -0.1) is 0 Å². The number of hydrogen-bond donors (Lipinski definition) is 0. The van der Waals surface area contributed by atoms with E-state index in [1.165, 1.54) is 76.9 Å². The van der Waals surface area contributed by atoms with Crippen molar-refractivity contribution in [3.63, 3.8) is 0 Å². The maximum absolute atomic E-state index is 6.41. The molecule has 0 fully saturated rings. The van der Waals surface area contributed by atoms with Crippen molar-refractivity contribution in [2.75, 3.05) is 0 Å². The van der Waals surface area contributed by atoms with Gasteiger partial charge >= 0.3 is 0 Å². The van der Waals surface area contributed by atoms with Gasteiger partial charge in [0.25, 0.3) is 0 Å². The highest BCUT2D eigenvalue weighted by Gasteiger charge is 2.21. The smallest absolute Gasteiger partial charge is 0.135 e. The van der Waals surface area contributed by atoms with E-state index >= 15 is 0 Å². The van der Waals surface area contributed by atoms with Crippen LogP contribution in [-0.4, -0.2) is 4.57 Å². The molecule has 2 heteroatoms. The average Bonchev–Trinajstić information content (AvgIpc) is 3.47. The molecular weight excluding hydrogens is 558 g/mol. The van der Waals surface area contributed by atoms with E-state index in [4.69, 9.17) is 4.74 Å². The Kier molecular flexibility index (Phi) is 5.31. The fourth-order valence-electron chi connectivity index (χ4n) is 7.53. The molecule has 2 nitrogen and oxygen atoms in total. The van der Waals surface area contributed by atoms with Crippen molar-refractivity contribution in [2.24, 2.45) is 0 Å². The molecule has 10 rings (SSSR count). The van der Waals surface area contributed by atoms with Gasteiger partial charge in [-0.2, -0.15) is 0 Å². The molecule has 214 valence electrons. The van der Waals surface area contributed by atoms with Gasteiger partial charge in [0.2, 0.25) is 0 Å². The van der Waals surface area contributed by atoms with E-state index in [1.807, 2.05) is 0 Å². The van der Waals surface area contributed by atoms with Crippen LogP contribution < -0.4 is 4.74 Å². The SMILES string of the molecule is c1ccc(-n2c3ccccc3c3c4cc(-c5ccccc5-c5ccc6c(c5)-c5cccc7cccc(c57)O6)ccc4ccc32)cc1. The molecule has 0 atom stereocenters. The molecule has 0 N–H and O–H groups in total. The molecule has 0 amide bonds. The summed E-state index contributed by atoms with van der Waals surface area (Å²) in [4.78, 5) is 0. The van der Waals surface area contributed by atoms with E-state index in [0.717, 1.165) is 17.1 Å². The van der Waals surface area contributed by atoms with Crippen LogP contribution in [0.3, 0.4) is 0 Å². The summed E-state index contributed by atoms with van der Waals surface area (Å²) in [5.41, 5.74) is 10.7. The Morgan fingerprint density at radius 1 is 0.370 bits per heavy atom. The largest absolute Gasteiger partial charge is 0.456 e. The lowest BCUT2D eigenvalue weighted by Gasteiger charge is -2.22. The zero-order valence-electron chi connectivity index (χ0n) is 24.9. The van der Waals surface area contributed by atoms with Gasteiger partial charge in [0.15, 0.2) is 0 Å². The topological polar surface area (TPSA) is 14.2 Å². The molecule has 46 heavy (non-hydrogen) atoms. The van der Waals surface area contributed by atoms with Crippen LogP contribution >= 0.6 is 0 Å². The third-order valence-corrected chi connectivity index (χ3v) is 9.57. The monoisotopic (exact) mass is 585 g/mol. The molecule has 0 saturated carbocycles.